The summed E-state index contributed by atoms with van der Waals surface area (Å²) in [6, 6.07) is 7.75. The van der Waals surface area contributed by atoms with Crippen molar-refractivity contribution in [3.05, 3.63) is 65.3 Å². The fourth-order valence-corrected chi connectivity index (χ4v) is 4.73. The number of aromatic nitrogens is 2. The minimum absolute atomic E-state index is 0.0397. The van der Waals surface area contributed by atoms with Gasteiger partial charge in [-0.2, -0.15) is 0 Å². The highest BCUT2D eigenvalue weighted by molar-refractivity contribution is 5.93. The Hall–Kier alpha value is -2.69. The topological polar surface area (TPSA) is 61.4 Å². The van der Waals surface area contributed by atoms with Crippen LogP contribution in [0, 0.1) is 5.92 Å². The molecule has 158 valence electrons. The molecule has 2 aromatic rings. The Morgan fingerprint density at radius 2 is 2.17 bits per heavy atom. The zero-order valence-corrected chi connectivity index (χ0v) is 18.1. The van der Waals surface area contributed by atoms with Crippen LogP contribution in [0.1, 0.15) is 69.3 Å². The monoisotopic (exact) mass is 404 g/mol. The Balaban J connectivity index is 1.62. The van der Waals surface area contributed by atoms with E-state index in [2.05, 4.69) is 45.9 Å². The van der Waals surface area contributed by atoms with Gasteiger partial charge in [0.15, 0.2) is 0 Å². The van der Waals surface area contributed by atoms with Gasteiger partial charge in [-0.3, -0.25) is 9.78 Å². The molecule has 2 aliphatic rings. The molecule has 0 bridgehead atoms. The number of pyridine rings is 1. The zero-order chi connectivity index (χ0) is 21.0. The van der Waals surface area contributed by atoms with Crippen LogP contribution in [0.3, 0.4) is 0 Å². The molecule has 1 unspecified atom stereocenters. The van der Waals surface area contributed by atoms with Gasteiger partial charge >= 0.3 is 0 Å². The molecule has 0 saturated heterocycles. The van der Waals surface area contributed by atoms with Gasteiger partial charge in [-0.15, -0.1) is 0 Å². The first-order valence-electron chi connectivity index (χ1n) is 11.3. The Labute approximate surface area is 178 Å². The Morgan fingerprint density at radius 1 is 1.30 bits per heavy atom. The van der Waals surface area contributed by atoms with Crippen LogP contribution in [0.4, 0.5) is 0 Å². The average Bonchev–Trinajstić information content (AvgIpc) is 3.38. The number of hydrogen-bond acceptors (Lipinski definition) is 3. The predicted octanol–water partition coefficient (Wildman–Crippen LogP) is 3.99. The number of carbonyl (C=O) groups is 1. The molecule has 0 radical (unpaired) electrons. The molecule has 1 amide bonds. The van der Waals surface area contributed by atoms with Crippen LogP contribution in [0.25, 0.3) is 5.57 Å². The quantitative estimate of drug-likeness (QED) is 0.723. The van der Waals surface area contributed by atoms with Crippen LogP contribution >= 0.6 is 0 Å². The summed E-state index contributed by atoms with van der Waals surface area (Å²) in [7, 11) is 0. The first-order chi connectivity index (χ1) is 14.6. The number of nitrogens with zero attached hydrogens (tertiary/aromatic N) is 3. The molecule has 5 heteroatoms. The standard InChI is InChI=1S/C25H32N4O/c1-3-4-17-29(24(30)22-10-6-8-14-26-22)25(12-13-25)18-19(2)20-9-5-7-15-27-23-21(20)11-16-28-23/h6-8,10-11,14-16,19H,3-5,9,12-13,17-18H2,1-2H3,(H,27,28). The van der Waals surface area contributed by atoms with Gasteiger partial charge < -0.3 is 9.88 Å². The fraction of sp³-hybridized carbons (Fsp3) is 0.480. The van der Waals surface area contributed by atoms with Gasteiger partial charge in [0.1, 0.15) is 11.2 Å². The summed E-state index contributed by atoms with van der Waals surface area (Å²) >= 11 is 0. The van der Waals surface area contributed by atoms with Gasteiger partial charge in [0.2, 0.25) is 0 Å². The van der Waals surface area contributed by atoms with Gasteiger partial charge in [0, 0.05) is 35.9 Å². The van der Waals surface area contributed by atoms with E-state index in [4.69, 9.17) is 0 Å². The van der Waals surface area contributed by atoms with Crippen molar-refractivity contribution >= 4 is 11.5 Å². The molecule has 5 nitrogen and oxygen atoms in total. The van der Waals surface area contributed by atoms with Crippen LogP contribution in [-0.2, 0) is 0 Å². The number of nitrogens with one attached hydrogen (secondary N) is 1. The molecule has 1 N–H and O–H groups in total. The molecular formula is C25H32N4O. The lowest BCUT2D eigenvalue weighted by Gasteiger charge is -2.34. The molecule has 0 aromatic carbocycles. The molecule has 1 atom stereocenters. The lowest BCUT2D eigenvalue weighted by atomic mass is 9.87. The van der Waals surface area contributed by atoms with Gasteiger partial charge in [-0.05, 0) is 62.6 Å². The number of rotatable bonds is 8. The molecule has 2 aromatic heterocycles. The summed E-state index contributed by atoms with van der Waals surface area (Å²) in [6.45, 7) is 5.31. The van der Waals surface area contributed by atoms with E-state index in [9.17, 15) is 4.79 Å². The van der Waals surface area contributed by atoms with E-state index in [-0.39, 0.29) is 11.4 Å². The van der Waals surface area contributed by atoms with Gasteiger partial charge in [-0.1, -0.05) is 38.0 Å². The maximum absolute atomic E-state index is 13.4. The Morgan fingerprint density at radius 3 is 2.90 bits per heavy atom. The van der Waals surface area contributed by atoms with Crippen molar-refractivity contribution in [1.82, 2.24) is 14.9 Å². The molecule has 30 heavy (non-hydrogen) atoms. The highest BCUT2D eigenvalue weighted by Gasteiger charge is 2.50. The predicted molar refractivity (Wildman–Crippen MR) is 119 cm³/mol. The van der Waals surface area contributed by atoms with Gasteiger partial charge in [-0.25, -0.2) is 4.99 Å². The summed E-state index contributed by atoms with van der Waals surface area (Å²) in [4.78, 5) is 27.7. The molecular weight excluding hydrogens is 372 g/mol. The van der Waals surface area contributed by atoms with Crippen molar-refractivity contribution in [3.63, 3.8) is 0 Å². The van der Waals surface area contributed by atoms with Gasteiger partial charge in [0.05, 0.1) is 0 Å². The largest absolute Gasteiger partial charge is 0.346 e. The van der Waals surface area contributed by atoms with Crippen molar-refractivity contribution < 1.29 is 4.79 Å². The summed E-state index contributed by atoms with van der Waals surface area (Å²) in [5.41, 5.74) is 2.92. The third kappa shape index (κ3) is 4.25. The molecule has 1 aliphatic heterocycles. The first-order valence-corrected chi connectivity index (χ1v) is 11.3. The smallest absolute Gasteiger partial charge is 0.272 e. The number of unbranched alkanes of at least 4 members (excludes halogenated alkanes) is 1. The van der Waals surface area contributed by atoms with Crippen LogP contribution in [0.15, 0.2) is 53.9 Å². The number of fused-ring (bicyclic) bond motifs is 1. The third-order valence-electron chi connectivity index (χ3n) is 6.51. The molecule has 3 heterocycles. The summed E-state index contributed by atoms with van der Waals surface area (Å²) < 4.78 is 0. The molecule has 1 aliphatic carbocycles. The minimum atomic E-state index is -0.0397. The van der Waals surface area contributed by atoms with E-state index in [1.165, 1.54) is 10.8 Å². The summed E-state index contributed by atoms with van der Waals surface area (Å²) in [5, 5.41) is 1.24. The highest BCUT2D eigenvalue weighted by atomic mass is 16.2. The molecule has 1 fully saturated rings. The zero-order valence-electron chi connectivity index (χ0n) is 18.1. The Bertz CT molecular complexity index is 1020. The van der Waals surface area contributed by atoms with Crippen LogP contribution in [0.2, 0.25) is 0 Å². The lowest BCUT2D eigenvalue weighted by Crippen LogP contribution is -2.44. The second-order valence-electron chi connectivity index (χ2n) is 8.67. The van der Waals surface area contributed by atoms with E-state index in [0.29, 0.717) is 11.6 Å². The minimum Gasteiger partial charge on any atom is -0.346 e. The van der Waals surface area contributed by atoms with E-state index in [1.807, 2.05) is 30.6 Å². The number of amides is 1. The SMILES string of the molecule is CCCCN(C(=O)c1ccccn1)C1(CC(C)C2=c3cc[nH]c3=NC=CCC2)CC1. The van der Waals surface area contributed by atoms with E-state index >= 15 is 0 Å². The normalized spacial score (nSPS) is 18.0. The first kappa shape index (κ1) is 20.6. The van der Waals surface area contributed by atoms with E-state index in [0.717, 1.165) is 57.0 Å². The van der Waals surface area contributed by atoms with Gasteiger partial charge in [0.25, 0.3) is 5.91 Å². The number of H-pyrrole nitrogens is 1. The summed E-state index contributed by atoms with van der Waals surface area (Å²) in [5.74, 6) is 0.473. The Kier molecular flexibility index (Phi) is 6.16. The van der Waals surface area contributed by atoms with E-state index < -0.39 is 0 Å². The second kappa shape index (κ2) is 8.99. The van der Waals surface area contributed by atoms with Crippen LogP contribution in [0.5, 0.6) is 0 Å². The average molecular weight is 405 g/mol. The van der Waals surface area contributed by atoms with Crippen molar-refractivity contribution in [2.45, 2.75) is 64.3 Å². The van der Waals surface area contributed by atoms with Crippen LogP contribution < -0.4 is 10.7 Å². The third-order valence-corrected chi connectivity index (χ3v) is 6.51. The van der Waals surface area contributed by atoms with Crippen molar-refractivity contribution in [3.8, 4) is 0 Å². The van der Waals surface area contributed by atoms with Crippen molar-refractivity contribution in [2.24, 2.45) is 10.9 Å². The number of hydrogen-bond donors (Lipinski definition) is 1. The van der Waals surface area contributed by atoms with E-state index in [1.54, 1.807) is 6.20 Å². The van der Waals surface area contributed by atoms with Crippen molar-refractivity contribution in [1.29, 1.82) is 0 Å². The number of carbonyl (C=O) groups excluding carboxylic acids is 1. The maximum atomic E-state index is 13.4. The molecule has 4 rings (SSSR count). The molecule has 1 saturated carbocycles. The summed E-state index contributed by atoms with van der Waals surface area (Å²) in [6.07, 6.45) is 15.0. The maximum Gasteiger partial charge on any atom is 0.272 e. The fourth-order valence-electron chi connectivity index (χ4n) is 4.73. The number of allylic oxidation sites excluding steroid dienone is 1. The lowest BCUT2D eigenvalue weighted by molar-refractivity contribution is 0.0616. The number of aromatic amines is 1. The molecule has 0 spiro atoms. The second-order valence-corrected chi connectivity index (χ2v) is 8.67. The van der Waals surface area contributed by atoms with Crippen LogP contribution in [-0.4, -0.2) is 32.9 Å². The van der Waals surface area contributed by atoms with Crippen molar-refractivity contribution in [2.75, 3.05) is 6.54 Å². The highest BCUT2D eigenvalue weighted by Crippen LogP contribution is 2.48.